The van der Waals surface area contributed by atoms with Gasteiger partial charge in [0.2, 0.25) is 5.91 Å². The lowest BCUT2D eigenvalue weighted by atomic mass is 9.81. The molecule has 0 bridgehead atoms. The Bertz CT molecular complexity index is 1120. The number of rotatable bonds is 5. The van der Waals surface area contributed by atoms with Gasteiger partial charge in [-0.2, -0.15) is 26.3 Å². The van der Waals surface area contributed by atoms with Gasteiger partial charge in [-0.25, -0.2) is 4.39 Å². The molecule has 0 aromatic heterocycles. The number of benzene rings is 2. The molecule has 2 aromatic carbocycles. The third-order valence-electron chi connectivity index (χ3n) is 7.36. The minimum absolute atomic E-state index is 0. The van der Waals surface area contributed by atoms with Gasteiger partial charge in [-0.3, -0.25) is 4.79 Å². The summed E-state index contributed by atoms with van der Waals surface area (Å²) in [6, 6.07) is 6.78. The molecule has 210 valence electrons. The lowest BCUT2D eigenvalue weighted by Crippen LogP contribution is -2.43. The Balaban J connectivity index is 0.00000400. The number of carbonyl (C=O) groups excluding carboxylic acids is 1. The maximum Gasteiger partial charge on any atom is 0.416 e. The highest BCUT2D eigenvalue weighted by Gasteiger charge is 2.49. The summed E-state index contributed by atoms with van der Waals surface area (Å²) in [6.45, 7) is 3.02. The maximum absolute atomic E-state index is 13.6. The smallest absolute Gasteiger partial charge is 0.370 e. The predicted octanol–water partition coefficient (Wildman–Crippen LogP) is 6.53. The summed E-state index contributed by atoms with van der Waals surface area (Å²) >= 11 is 0. The normalized spacial score (nSPS) is 28.6. The Morgan fingerprint density at radius 2 is 1.55 bits per heavy atom. The minimum atomic E-state index is -4.97. The second kappa shape index (κ2) is 10.7. The summed E-state index contributed by atoms with van der Waals surface area (Å²) in [7, 11) is 0. The third-order valence-corrected chi connectivity index (χ3v) is 7.36. The largest absolute Gasteiger partial charge is 0.416 e. The first-order valence-electron chi connectivity index (χ1n) is 11.9. The molecule has 0 radical (unpaired) electrons. The highest BCUT2D eigenvalue weighted by molar-refractivity contribution is 5.88. The van der Waals surface area contributed by atoms with E-state index in [1.165, 1.54) is 19.1 Å². The summed E-state index contributed by atoms with van der Waals surface area (Å²) in [5.74, 6) is -1.34. The minimum Gasteiger partial charge on any atom is -0.370 e. The Morgan fingerprint density at radius 1 is 1.00 bits per heavy atom. The molecule has 3 N–H and O–H groups in total. The van der Waals surface area contributed by atoms with E-state index in [0.29, 0.717) is 37.0 Å². The van der Waals surface area contributed by atoms with Crippen LogP contribution in [0.4, 0.5) is 30.7 Å². The van der Waals surface area contributed by atoms with E-state index in [0.717, 1.165) is 0 Å². The fourth-order valence-corrected chi connectivity index (χ4v) is 5.49. The highest BCUT2D eigenvalue weighted by Crippen LogP contribution is 2.47. The summed E-state index contributed by atoms with van der Waals surface area (Å²) in [6.07, 6.45) is -10.3. The van der Waals surface area contributed by atoms with Crippen LogP contribution in [0.1, 0.15) is 67.4 Å². The Hall–Kier alpha value is -2.37. The van der Waals surface area contributed by atoms with E-state index in [1.807, 2.05) is 0 Å². The van der Waals surface area contributed by atoms with Gasteiger partial charge >= 0.3 is 12.4 Å². The quantitative estimate of drug-likeness (QED) is 0.403. The van der Waals surface area contributed by atoms with Crippen molar-refractivity contribution in [3.05, 3.63) is 70.5 Å². The van der Waals surface area contributed by atoms with E-state index in [-0.39, 0.29) is 41.9 Å². The lowest BCUT2D eigenvalue weighted by Gasteiger charge is -2.31. The standard InChI is InChI=1S/C26H27F7N2O2.ClH/c1-13(15-9-16(25(28,29)30)11-17(10-15)26(31,32)33)37-21-8-7-19(20-12-24(2,34)23(36)35-20)22(21)14-3-5-18(27)6-4-14;/h3-6,9-11,13,19-22H,7-8,12,34H2,1-2H3,(H,35,36);1H/t13-,19+,20+,21+,22+,24+;/m1./s1. The van der Waals surface area contributed by atoms with Crippen LogP contribution < -0.4 is 11.1 Å². The Labute approximate surface area is 221 Å². The molecule has 2 aromatic rings. The van der Waals surface area contributed by atoms with E-state index in [4.69, 9.17) is 10.5 Å². The van der Waals surface area contributed by atoms with Crippen LogP contribution in [0, 0.1) is 11.7 Å². The zero-order chi connectivity index (χ0) is 27.3. The molecule has 1 saturated heterocycles. The molecule has 4 rings (SSSR count). The van der Waals surface area contributed by atoms with Crippen molar-refractivity contribution in [3.8, 4) is 0 Å². The number of nitrogens with one attached hydrogen (secondary N) is 1. The first-order valence-corrected chi connectivity index (χ1v) is 11.9. The van der Waals surface area contributed by atoms with Gasteiger partial charge in [0.05, 0.1) is 28.9 Å². The van der Waals surface area contributed by atoms with Crippen LogP contribution in [-0.2, 0) is 21.9 Å². The molecular weight excluding hydrogens is 541 g/mol. The summed E-state index contributed by atoms with van der Waals surface area (Å²) < 4.78 is 99.9. The molecular formula is C26H28ClF7N2O2. The molecule has 38 heavy (non-hydrogen) atoms. The van der Waals surface area contributed by atoms with Crippen LogP contribution >= 0.6 is 12.4 Å². The number of halogens is 8. The Kier molecular flexibility index (Phi) is 8.46. The van der Waals surface area contributed by atoms with Crippen LogP contribution in [0.3, 0.4) is 0 Å². The fourth-order valence-electron chi connectivity index (χ4n) is 5.49. The molecule has 2 fully saturated rings. The molecule has 1 amide bonds. The molecule has 0 unspecified atom stereocenters. The molecule has 0 spiro atoms. The molecule has 6 atom stereocenters. The molecule has 12 heteroatoms. The van der Waals surface area contributed by atoms with Crippen LogP contribution in [0.15, 0.2) is 42.5 Å². The fraction of sp³-hybridized carbons (Fsp3) is 0.500. The van der Waals surface area contributed by atoms with Gasteiger partial charge < -0.3 is 15.8 Å². The van der Waals surface area contributed by atoms with E-state index in [9.17, 15) is 35.5 Å². The number of amides is 1. The van der Waals surface area contributed by atoms with Gasteiger partial charge in [0.1, 0.15) is 5.82 Å². The molecule has 1 aliphatic carbocycles. The maximum atomic E-state index is 13.6. The average Bonchev–Trinajstić information content (AvgIpc) is 3.32. The van der Waals surface area contributed by atoms with Crippen molar-refractivity contribution >= 4 is 18.3 Å². The van der Waals surface area contributed by atoms with Crippen molar-refractivity contribution in [2.24, 2.45) is 11.7 Å². The van der Waals surface area contributed by atoms with Crippen molar-refractivity contribution in [1.82, 2.24) is 5.32 Å². The predicted molar refractivity (Wildman–Crippen MR) is 128 cm³/mol. The molecule has 4 nitrogen and oxygen atoms in total. The van der Waals surface area contributed by atoms with Gasteiger partial charge in [0.25, 0.3) is 0 Å². The van der Waals surface area contributed by atoms with Gasteiger partial charge in [-0.15, -0.1) is 12.4 Å². The summed E-state index contributed by atoms with van der Waals surface area (Å²) in [5, 5.41) is 2.91. The number of hydrogen-bond acceptors (Lipinski definition) is 3. The zero-order valence-electron chi connectivity index (χ0n) is 20.5. The summed E-state index contributed by atoms with van der Waals surface area (Å²) in [5.41, 5.74) is 2.63. The number of ether oxygens (including phenoxy) is 1. The highest BCUT2D eigenvalue weighted by atomic mass is 35.5. The van der Waals surface area contributed by atoms with Crippen molar-refractivity contribution < 1.29 is 40.3 Å². The second-order valence-corrected chi connectivity index (χ2v) is 10.2. The third kappa shape index (κ3) is 6.26. The number of hydrogen-bond donors (Lipinski definition) is 2. The van der Waals surface area contributed by atoms with Crippen molar-refractivity contribution in [2.45, 2.75) is 75.2 Å². The van der Waals surface area contributed by atoms with Crippen molar-refractivity contribution in [2.75, 3.05) is 0 Å². The SMILES string of the molecule is C[C@@H](O[C@H]1CC[C@@H]([C@@H]2C[C@](C)(N)C(=O)N2)[C@@H]1c1ccc(F)cc1)c1cc(C(F)(F)F)cc(C(F)(F)F)c1.Cl. The van der Waals surface area contributed by atoms with E-state index >= 15 is 0 Å². The summed E-state index contributed by atoms with van der Waals surface area (Å²) in [4.78, 5) is 12.3. The Morgan fingerprint density at radius 3 is 2.03 bits per heavy atom. The van der Waals surface area contributed by atoms with Gasteiger partial charge in [-0.05, 0) is 80.5 Å². The van der Waals surface area contributed by atoms with Crippen LogP contribution in [0.25, 0.3) is 0 Å². The first-order chi connectivity index (χ1) is 17.1. The van der Waals surface area contributed by atoms with E-state index in [2.05, 4.69) is 5.32 Å². The number of nitrogens with two attached hydrogens (primary N) is 1. The first kappa shape index (κ1) is 30.2. The monoisotopic (exact) mass is 568 g/mol. The lowest BCUT2D eigenvalue weighted by molar-refractivity contribution is -0.143. The van der Waals surface area contributed by atoms with Crippen LogP contribution in [0.5, 0.6) is 0 Å². The second-order valence-electron chi connectivity index (χ2n) is 10.2. The van der Waals surface area contributed by atoms with Crippen molar-refractivity contribution in [1.29, 1.82) is 0 Å². The molecule has 1 aliphatic heterocycles. The van der Waals surface area contributed by atoms with E-state index < -0.39 is 53.0 Å². The van der Waals surface area contributed by atoms with Gasteiger partial charge in [-0.1, -0.05) is 12.1 Å². The van der Waals surface area contributed by atoms with Crippen LogP contribution in [-0.4, -0.2) is 23.6 Å². The molecule has 2 aliphatic rings. The number of carbonyl (C=O) groups is 1. The van der Waals surface area contributed by atoms with Crippen molar-refractivity contribution in [3.63, 3.8) is 0 Å². The number of alkyl halides is 6. The molecule has 1 heterocycles. The average molecular weight is 569 g/mol. The van der Waals surface area contributed by atoms with E-state index in [1.54, 1.807) is 19.1 Å². The van der Waals surface area contributed by atoms with Gasteiger partial charge in [0.15, 0.2) is 0 Å². The van der Waals surface area contributed by atoms with Gasteiger partial charge in [0, 0.05) is 12.0 Å². The van der Waals surface area contributed by atoms with Crippen LogP contribution in [0.2, 0.25) is 0 Å². The zero-order valence-corrected chi connectivity index (χ0v) is 21.3. The topological polar surface area (TPSA) is 64.3 Å². The molecule has 1 saturated carbocycles.